The van der Waals surface area contributed by atoms with Crippen molar-refractivity contribution in [2.24, 2.45) is 0 Å². The van der Waals surface area contributed by atoms with Crippen LogP contribution in [-0.4, -0.2) is 58.8 Å². The number of aromatic nitrogens is 2. The highest BCUT2D eigenvalue weighted by Gasteiger charge is 2.35. The lowest BCUT2D eigenvalue weighted by atomic mass is 10.2. The predicted molar refractivity (Wildman–Crippen MR) is 66.0 cm³/mol. The molecule has 0 spiro atoms. The molecule has 2 rings (SSSR count). The zero-order valence-electron chi connectivity index (χ0n) is 11.7. The maximum atomic E-state index is 12.3. The van der Waals surface area contributed by atoms with Crippen LogP contribution in [0.4, 0.5) is 13.2 Å². The molecule has 2 heterocycles. The number of likely N-dealkylation sites (N-methyl/N-ethyl adjacent to an activating group) is 1. The van der Waals surface area contributed by atoms with E-state index >= 15 is 0 Å². The molecule has 0 aliphatic carbocycles. The highest BCUT2D eigenvalue weighted by molar-refractivity contribution is 4.89. The summed E-state index contributed by atoms with van der Waals surface area (Å²) in [6.07, 6.45) is -2.72. The smallest absolute Gasteiger partial charge is 0.339 e. The Balaban J connectivity index is 1.83. The number of alkyl halides is 3. The van der Waals surface area contributed by atoms with Crippen molar-refractivity contribution in [2.45, 2.75) is 38.5 Å². The number of aryl methyl sites for hydroxylation is 1. The standard InChI is InChI=1S/C12H19F3N4O/c1-3-11-16-10(17-20-11)7-18(2)9-4-5-19(6-9)8-12(13,14)15/h9H,3-8H2,1-2H3/t9-/m1/s1. The lowest BCUT2D eigenvalue weighted by molar-refractivity contribution is -0.143. The van der Waals surface area contributed by atoms with Gasteiger partial charge < -0.3 is 4.52 Å². The maximum absolute atomic E-state index is 12.3. The maximum Gasteiger partial charge on any atom is 0.401 e. The van der Waals surface area contributed by atoms with E-state index in [1.165, 1.54) is 4.90 Å². The van der Waals surface area contributed by atoms with Crippen molar-refractivity contribution in [3.05, 3.63) is 11.7 Å². The second-order valence-electron chi connectivity index (χ2n) is 5.17. The molecule has 0 bridgehead atoms. The average Bonchev–Trinajstić information content (AvgIpc) is 2.96. The van der Waals surface area contributed by atoms with Crippen molar-refractivity contribution >= 4 is 0 Å². The van der Waals surface area contributed by atoms with Gasteiger partial charge in [-0.05, 0) is 13.5 Å². The SMILES string of the molecule is CCc1nc(CN(C)[C@@H]2CCN(CC(F)(F)F)C2)no1. The summed E-state index contributed by atoms with van der Waals surface area (Å²) in [5, 5.41) is 3.86. The number of halogens is 3. The van der Waals surface area contributed by atoms with Crippen molar-refractivity contribution in [2.75, 3.05) is 26.7 Å². The molecule has 1 aliphatic rings. The van der Waals surface area contributed by atoms with Gasteiger partial charge in [-0.15, -0.1) is 0 Å². The fraction of sp³-hybridized carbons (Fsp3) is 0.833. The van der Waals surface area contributed by atoms with Gasteiger partial charge in [0.05, 0.1) is 13.1 Å². The zero-order chi connectivity index (χ0) is 14.8. The Morgan fingerprint density at radius 1 is 1.45 bits per heavy atom. The molecule has 1 atom stereocenters. The van der Waals surface area contributed by atoms with Gasteiger partial charge in [-0.2, -0.15) is 18.2 Å². The molecule has 0 N–H and O–H groups in total. The second kappa shape index (κ2) is 6.09. The fourth-order valence-corrected chi connectivity index (χ4v) is 2.42. The van der Waals surface area contributed by atoms with Crippen LogP contribution in [0.5, 0.6) is 0 Å². The number of likely N-dealkylation sites (tertiary alicyclic amines) is 1. The van der Waals surface area contributed by atoms with Gasteiger partial charge in [0.15, 0.2) is 5.82 Å². The van der Waals surface area contributed by atoms with E-state index < -0.39 is 12.7 Å². The van der Waals surface area contributed by atoms with Gasteiger partial charge in [-0.25, -0.2) is 0 Å². The quantitative estimate of drug-likeness (QED) is 0.826. The summed E-state index contributed by atoms with van der Waals surface area (Å²) in [7, 11) is 1.88. The molecule has 0 saturated carbocycles. The van der Waals surface area contributed by atoms with E-state index in [1.807, 2.05) is 18.9 Å². The largest absolute Gasteiger partial charge is 0.401 e. The summed E-state index contributed by atoms with van der Waals surface area (Å²) in [5.74, 6) is 1.16. The molecule has 5 nitrogen and oxygen atoms in total. The number of hydrogen-bond donors (Lipinski definition) is 0. The van der Waals surface area contributed by atoms with Crippen molar-refractivity contribution in [3.8, 4) is 0 Å². The van der Waals surface area contributed by atoms with Crippen LogP contribution >= 0.6 is 0 Å². The van der Waals surface area contributed by atoms with Crippen LogP contribution in [-0.2, 0) is 13.0 Å². The molecule has 1 fully saturated rings. The minimum atomic E-state index is -4.13. The van der Waals surface area contributed by atoms with E-state index in [0.29, 0.717) is 37.8 Å². The first-order chi connectivity index (χ1) is 9.37. The van der Waals surface area contributed by atoms with Gasteiger partial charge in [0.2, 0.25) is 5.89 Å². The molecule has 1 aliphatic heterocycles. The minimum absolute atomic E-state index is 0.0981. The monoisotopic (exact) mass is 292 g/mol. The van der Waals surface area contributed by atoms with Crippen molar-refractivity contribution in [1.82, 2.24) is 19.9 Å². The summed E-state index contributed by atoms with van der Waals surface area (Å²) in [4.78, 5) is 7.63. The van der Waals surface area contributed by atoms with Gasteiger partial charge in [0.25, 0.3) is 0 Å². The molecular weight excluding hydrogens is 273 g/mol. The molecular formula is C12H19F3N4O. The molecule has 8 heteroatoms. The average molecular weight is 292 g/mol. The lowest BCUT2D eigenvalue weighted by Gasteiger charge is -2.23. The summed E-state index contributed by atoms with van der Waals surface area (Å²) >= 11 is 0. The fourth-order valence-electron chi connectivity index (χ4n) is 2.42. The first-order valence-corrected chi connectivity index (χ1v) is 6.68. The Morgan fingerprint density at radius 3 is 2.80 bits per heavy atom. The van der Waals surface area contributed by atoms with Crippen LogP contribution in [0.2, 0.25) is 0 Å². The molecule has 20 heavy (non-hydrogen) atoms. The Morgan fingerprint density at radius 2 is 2.20 bits per heavy atom. The normalized spacial score (nSPS) is 21.0. The minimum Gasteiger partial charge on any atom is -0.339 e. The van der Waals surface area contributed by atoms with Gasteiger partial charge in [-0.1, -0.05) is 12.1 Å². The van der Waals surface area contributed by atoms with Crippen LogP contribution in [0.25, 0.3) is 0 Å². The molecule has 1 saturated heterocycles. The van der Waals surface area contributed by atoms with Gasteiger partial charge in [0, 0.05) is 25.6 Å². The third-order valence-electron chi connectivity index (χ3n) is 3.48. The van der Waals surface area contributed by atoms with E-state index in [9.17, 15) is 13.2 Å². The van der Waals surface area contributed by atoms with Crippen LogP contribution < -0.4 is 0 Å². The Hall–Kier alpha value is -1.15. The first kappa shape index (κ1) is 15.2. The first-order valence-electron chi connectivity index (χ1n) is 6.68. The van der Waals surface area contributed by atoms with E-state index in [0.717, 1.165) is 6.42 Å². The summed E-state index contributed by atoms with van der Waals surface area (Å²) in [6.45, 7) is 2.48. The predicted octanol–water partition coefficient (Wildman–Crippen LogP) is 1.70. The van der Waals surface area contributed by atoms with Crippen molar-refractivity contribution in [1.29, 1.82) is 0 Å². The van der Waals surface area contributed by atoms with Crippen LogP contribution in [0.1, 0.15) is 25.1 Å². The van der Waals surface area contributed by atoms with Crippen LogP contribution in [0, 0.1) is 0 Å². The van der Waals surface area contributed by atoms with E-state index in [1.54, 1.807) is 0 Å². The number of rotatable bonds is 5. The van der Waals surface area contributed by atoms with Crippen molar-refractivity contribution in [3.63, 3.8) is 0 Å². The number of hydrogen-bond acceptors (Lipinski definition) is 5. The van der Waals surface area contributed by atoms with Crippen LogP contribution in [0.15, 0.2) is 4.52 Å². The second-order valence-corrected chi connectivity index (χ2v) is 5.17. The van der Waals surface area contributed by atoms with E-state index in [2.05, 4.69) is 10.1 Å². The van der Waals surface area contributed by atoms with Gasteiger partial charge in [0.1, 0.15) is 0 Å². The Kier molecular flexibility index (Phi) is 4.64. The highest BCUT2D eigenvalue weighted by atomic mass is 19.4. The molecule has 1 aromatic heterocycles. The van der Waals surface area contributed by atoms with E-state index in [-0.39, 0.29) is 6.04 Å². The van der Waals surface area contributed by atoms with Gasteiger partial charge >= 0.3 is 6.18 Å². The number of nitrogens with zero attached hydrogens (tertiary/aromatic N) is 4. The highest BCUT2D eigenvalue weighted by Crippen LogP contribution is 2.22. The van der Waals surface area contributed by atoms with E-state index in [4.69, 9.17) is 4.52 Å². The Bertz CT molecular complexity index is 435. The molecule has 0 radical (unpaired) electrons. The third kappa shape index (κ3) is 4.17. The zero-order valence-corrected chi connectivity index (χ0v) is 11.7. The summed E-state index contributed by atoms with van der Waals surface area (Å²) in [6, 6.07) is 0.0981. The molecule has 0 amide bonds. The summed E-state index contributed by atoms with van der Waals surface area (Å²) < 4.78 is 42.0. The molecule has 0 unspecified atom stereocenters. The van der Waals surface area contributed by atoms with Crippen molar-refractivity contribution < 1.29 is 17.7 Å². The lowest BCUT2D eigenvalue weighted by Crippen LogP contribution is -2.37. The third-order valence-corrected chi connectivity index (χ3v) is 3.48. The summed E-state index contributed by atoms with van der Waals surface area (Å²) in [5.41, 5.74) is 0. The van der Waals surface area contributed by atoms with Gasteiger partial charge in [-0.3, -0.25) is 9.80 Å². The molecule has 1 aromatic rings. The Labute approximate surface area is 115 Å². The topological polar surface area (TPSA) is 45.4 Å². The molecule has 0 aromatic carbocycles. The van der Waals surface area contributed by atoms with Crippen LogP contribution in [0.3, 0.4) is 0 Å². The molecule has 114 valence electrons.